The van der Waals surface area contributed by atoms with Crippen LogP contribution >= 0.6 is 11.3 Å². The minimum absolute atomic E-state index is 0.269. The maximum atomic E-state index is 13.2. The van der Waals surface area contributed by atoms with E-state index >= 15 is 0 Å². The first-order valence-electron chi connectivity index (χ1n) is 9.32. The summed E-state index contributed by atoms with van der Waals surface area (Å²) in [6.45, 7) is 2.39. The highest BCUT2D eigenvalue weighted by atomic mass is 32.1. The molecule has 2 heterocycles. The van der Waals surface area contributed by atoms with Crippen LogP contribution in [0.2, 0.25) is 0 Å². The topological polar surface area (TPSA) is 71.5 Å². The highest BCUT2D eigenvalue weighted by molar-refractivity contribution is 7.09. The van der Waals surface area contributed by atoms with Crippen LogP contribution < -0.4 is 5.32 Å². The molecule has 2 aromatic carbocycles. The summed E-state index contributed by atoms with van der Waals surface area (Å²) >= 11 is 1.58. The van der Waals surface area contributed by atoms with E-state index in [1.54, 1.807) is 11.3 Å². The molecular weight excluding hydrogens is 386 g/mol. The lowest BCUT2D eigenvalue weighted by molar-refractivity contribution is -0.121. The zero-order valence-corrected chi connectivity index (χ0v) is 17.0. The fourth-order valence-corrected chi connectivity index (χ4v) is 4.25. The average molecular weight is 407 g/mol. The maximum Gasteiger partial charge on any atom is 0.410 e. The van der Waals surface area contributed by atoms with Gasteiger partial charge >= 0.3 is 6.09 Å². The van der Waals surface area contributed by atoms with Crippen molar-refractivity contribution in [2.45, 2.75) is 19.4 Å². The van der Waals surface area contributed by atoms with E-state index in [-0.39, 0.29) is 5.91 Å². The Bertz CT molecular complexity index is 1060. The number of nitrogens with one attached hydrogen (secondary N) is 1. The third-order valence-electron chi connectivity index (χ3n) is 4.99. The number of rotatable bonds is 3. The summed E-state index contributed by atoms with van der Waals surface area (Å²) in [5, 5.41) is 5.95. The first-order chi connectivity index (χ1) is 14.1. The molecule has 1 atom stereocenters. The molecule has 7 heteroatoms. The summed E-state index contributed by atoms with van der Waals surface area (Å²) in [5.74, 6) is -0.269. The molecule has 6 nitrogen and oxygen atoms in total. The average Bonchev–Trinajstić information content (AvgIpc) is 3.18. The van der Waals surface area contributed by atoms with Crippen LogP contribution in [0.5, 0.6) is 0 Å². The molecule has 1 aliphatic rings. The number of carbonyl (C=O) groups excluding carboxylic acids is 2. The highest BCUT2D eigenvalue weighted by Gasteiger charge is 2.36. The number of methoxy groups -OCH3 is 1. The monoisotopic (exact) mass is 407 g/mol. The maximum absolute atomic E-state index is 13.2. The van der Waals surface area contributed by atoms with Crippen molar-refractivity contribution in [1.82, 2.24) is 9.88 Å². The molecule has 1 aromatic heterocycles. The van der Waals surface area contributed by atoms with E-state index in [9.17, 15) is 9.59 Å². The minimum Gasteiger partial charge on any atom is -0.453 e. The van der Waals surface area contributed by atoms with Crippen LogP contribution in [0.1, 0.15) is 22.2 Å². The molecule has 1 aliphatic heterocycles. The van der Waals surface area contributed by atoms with Crippen LogP contribution in [-0.2, 0) is 16.0 Å². The van der Waals surface area contributed by atoms with E-state index in [1.165, 1.54) is 12.0 Å². The number of aryl methyl sites for hydroxylation is 1. The number of thiazole rings is 1. The number of aromatic nitrogens is 1. The Kier molecular flexibility index (Phi) is 5.31. The van der Waals surface area contributed by atoms with Crippen LogP contribution in [0.4, 0.5) is 10.5 Å². The van der Waals surface area contributed by atoms with Crippen molar-refractivity contribution in [3.63, 3.8) is 0 Å². The molecule has 29 heavy (non-hydrogen) atoms. The Labute approximate surface area is 173 Å². The van der Waals surface area contributed by atoms with Gasteiger partial charge in [0.1, 0.15) is 6.04 Å². The smallest absolute Gasteiger partial charge is 0.410 e. The van der Waals surface area contributed by atoms with E-state index < -0.39 is 12.1 Å². The summed E-state index contributed by atoms with van der Waals surface area (Å²) in [6, 6.07) is 14.5. The van der Waals surface area contributed by atoms with Gasteiger partial charge in [0.25, 0.3) is 5.91 Å². The second kappa shape index (κ2) is 8.05. The molecule has 1 unspecified atom stereocenters. The largest absolute Gasteiger partial charge is 0.453 e. The lowest BCUT2D eigenvalue weighted by Crippen LogP contribution is -2.45. The summed E-state index contributed by atoms with van der Waals surface area (Å²) in [7, 11) is 1.33. The molecule has 0 radical (unpaired) electrons. The van der Waals surface area contributed by atoms with E-state index in [0.29, 0.717) is 18.7 Å². The number of ether oxygens (including phenoxy) is 1. The van der Waals surface area contributed by atoms with Crippen LogP contribution in [0, 0.1) is 6.92 Å². The normalized spacial score (nSPS) is 15.5. The molecular formula is C22H21N3O3S. The first kappa shape index (κ1) is 19.1. The number of amides is 2. The number of fused-ring (bicyclic) bond motifs is 1. The number of benzene rings is 2. The van der Waals surface area contributed by atoms with Gasteiger partial charge in [-0.3, -0.25) is 9.69 Å². The second-order valence-electron chi connectivity index (χ2n) is 6.84. The lowest BCUT2D eigenvalue weighted by atomic mass is 9.92. The highest BCUT2D eigenvalue weighted by Crippen LogP contribution is 2.32. The molecule has 1 N–H and O–H groups in total. The van der Waals surface area contributed by atoms with Gasteiger partial charge in [-0.1, -0.05) is 36.4 Å². The van der Waals surface area contributed by atoms with Crippen LogP contribution in [0.15, 0.2) is 53.9 Å². The summed E-state index contributed by atoms with van der Waals surface area (Å²) in [4.78, 5) is 31.5. The quantitative estimate of drug-likeness (QED) is 0.698. The number of anilines is 1. The van der Waals surface area contributed by atoms with Crippen LogP contribution in [0.25, 0.3) is 11.3 Å². The van der Waals surface area contributed by atoms with Gasteiger partial charge in [-0.25, -0.2) is 9.78 Å². The van der Waals surface area contributed by atoms with Gasteiger partial charge in [0, 0.05) is 23.2 Å². The second-order valence-corrected chi connectivity index (χ2v) is 7.90. The number of hydrogen-bond acceptors (Lipinski definition) is 5. The van der Waals surface area contributed by atoms with Crippen molar-refractivity contribution in [2.75, 3.05) is 19.0 Å². The van der Waals surface area contributed by atoms with Crippen LogP contribution in [0.3, 0.4) is 0 Å². The molecule has 0 fully saturated rings. The lowest BCUT2D eigenvalue weighted by Gasteiger charge is -2.35. The fourth-order valence-electron chi connectivity index (χ4n) is 3.63. The van der Waals surface area contributed by atoms with Gasteiger partial charge in [0.2, 0.25) is 0 Å². The molecule has 148 valence electrons. The van der Waals surface area contributed by atoms with Gasteiger partial charge in [0.15, 0.2) is 0 Å². The van der Waals surface area contributed by atoms with Gasteiger partial charge in [-0.2, -0.15) is 0 Å². The third-order valence-corrected chi connectivity index (χ3v) is 5.76. The molecule has 0 saturated heterocycles. The van der Waals surface area contributed by atoms with Gasteiger partial charge < -0.3 is 10.1 Å². The Balaban J connectivity index is 1.63. The van der Waals surface area contributed by atoms with Gasteiger partial charge in [0.05, 0.1) is 17.8 Å². The van der Waals surface area contributed by atoms with Crippen molar-refractivity contribution < 1.29 is 14.3 Å². The number of carbonyl (C=O) groups is 2. The molecule has 0 spiro atoms. The number of nitrogens with zero attached hydrogens (tertiary/aromatic N) is 2. The molecule has 0 aliphatic carbocycles. The zero-order chi connectivity index (χ0) is 20.4. The minimum atomic E-state index is -0.738. The van der Waals surface area contributed by atoms with E-state index in [0.717, 1.165) is 27.4 Å². The Morgan fingerprint density at radius 2 is 2.03 bits per heavy atom. The van der Waals surface area contributed by atoms with E-state index in [1.807, 2.05) is 60.8 Å². The zero-order valence-electron chi connectivity index (χ0n) is 16.2. The van der Waals surface area contributed by atoms with E-state index in [4.69, 9.17) is 4.74 Å². The summed E-state index contributed by atoms with van der Waals surface area (Å²) < 4.78 is 4.91. The Morgan fingerprint density at radius 3 is 2.79 bits per heavy atom. The fraction of sp³-hybridized carbons (Fsp3) is 0.227. The Morgan fingerprint density at radius 1 is 1.21 bits per heavy atom. The van der Waals surface area contributed by atoms with Gasteiger partial charge in [-0.15, -0.1) is 11.3 Å². The van der Waals surface area contributed by atoms with Crippen molar-refractivity contribution in [2.24, 2.45) is 0 Å². The molecule has 0 bridgehead atoms. The van der Waals surface area contributed by atoms with Crippen LogP contribution in [-0.4, -0.2) is 35.5 Å². The molecule has 3 aromatic rings. The predicted molar refractivity (Wildman–Crippen MR) is 113 cm³/mol. The van der Waals surface area contributed by atoms with Crippen molar-refractivity contribution in [1.29, 1.82) is 0 Å². The van der Waals surface area contributed by atoms with Crippen molar-refractivity contribution in [3.05, 3.63) is 70.0 Å². The van der Waals surface area contributed by atoms with Crippen molar-refractivity contribution in [3.8, 4) is 11.3 Å². The predicted octanol–water partition coefficient (Wildman–Crippen LogP) is 4.42. The first-order valence-corrected chi connectivity index (χ1v) is 10.2. The SMILES string of the molecule is COC(=O)N1CCc2ccccc2C1C(=O)Nc1cccc(-c2csc(C)n2)c1. The van der Waals surface area contributed by atoms with Crippen molar-refractivity contribution >= 4 is 29.0 Å². The number of hydrogen-bond donors (Lipinski definition) is 1. The molecule has 4 rings (SSSR count). The molecule has 0 saturated carbocycles. The Hall–Kier alpha value is -3.19. The van der Waals surface area contributed by atoms with E-state index in [2.05, 4.69) is 10.3 Å². The molecule has 2 amide bonds. The third kappa shape index (κ3) is 3.86. The standard InChI is InChI=1S/C22H21N3O3S/c1-14-23-19(13-29-14)16-7-5-8-17(12-16)24-21(26)20-18-9-4-3-6-15(18)10-11-25(20)22(27)28-2/h3-9,12-13,20H,10-11H2,1-2H3,(H,24,26). The summed E-state index contributed by atoms with van der Waals surface area (Å²) in [5.41, 5.74) is 4.36. The van der Waals surface area contributed by atoms with Gasteiger partial charge in [-0.05, 0) is 36.6 Å². The summed E-state index contributed by atoms with van der Waals surface area (Å²) in [6.07, 6.45) is 0.180.